The molecule has 0 saturated carbocycles. The molecule has 1 aromatic carbocycles. The van der Waals surface area contributed by atoms with Crippen molar-refractivity contribution in [2.24, 2.45) is 7.05 Å². The Morgan fingerprint density at radius 2 is 2.00 bits per heavy atom. The Morgan fingerprint density at radius 1 is 1.26 bits per heavy atom. The van der Waals surface area contributed by atoms with Crippen molar-refractivity contribution in [3.8, 4) is 0 Å². The number of hydrogen-bond donors (Lipinski definition) is 1. The highest BCUT2D eigenvalue weighted by atomic mass is 16.2. The van der Waals surface area contributed by atoms with Crippen LogP contribution in [0.1, 0.15) is 43.0 Å². The summed E-state index contributed by atoms with van der Waals surface area (Å²) in [7, 11) is 4.40. The third-order valence-corrected chi connectivity index (χ3v) is 6.95. The Balaban J connectivity index is 1.66. The minimum absolute atomic E-state index is 0.0714. The van der Waals surface area contributed by atoms with Gasteiger partial charge in [0.05, 0.1) is 0 Å². The molecule has 1 aliphatic heterocycles. The van der Waals surface area contributed by atoms with Crippen LogP contribution in [0.3, 0.4) is 0 Å². The zero-order valence-electron chi connectivity index (χ0n) is 17.2. The molecule has 1 saturated heterocycles. The molecule has 5 heteroatoms. The monoisotopic (exact) mass is 368 g/mol. The largest absolute Gasteiger partial charge is 0.348 e. The van der Waals surface area contributed by atoms with Gasteiger partial charge in [-0.05, 0) is 57.9 Å². The summed E-state index contributed by atoms with van der Waals surface area (Å²) in [5.74, 6) is 0.476. The van der Waals surface area contributed by atoms with Crippen LogP contribution in [0, 0.1) is 6.92 Å². The Labute approximate surface area is 162 Å². The Kier molecular flexibility index (Phi) is 4.66. The first-order valence-electron chi connectivity index (χ1n) is 10.3. The smallest absolute Gasteiger partial charge is 0.317 e. The average molecular weight is 369 g/mol. The van der Waals surface area contributed by atoms with Crippen LogP contribution in [0.5, 0.6) is 0 Å². The van der Waals surface area contributed by atoms with Gasteiger partial charge in [-0.3, -0.25) is 0 Å². The highest BCUT2D eigenvalue weighted by Gasteiger charge is 2.40. The van der Waals surface area contributed by atoms with E-state index in [4.69, 9.17) is 0 Å². The zero-order valence-corrected chi connectivity index (χ0v) is 17.2. The molecule has 1 fully saturated rings. The molecule has 0 bridgehead atoms. The first-order valence-corrected chi connectivity index (χ1v) is 10.3. The second kappa shape index (κ2) is 6.86. The van der Waals surface area contributed by atoms with E-state index in [1.807, 2.05) is 18.7 Å². The first kappa shape index (κ1) is 18.4. The molecule has 3 atom stereocenters. The van der Waals surface area contributed by atoms with Crippen LogP contribution < -0.4 is 5.32 Å². The highest BCUT2D eigenvalue weighted by molar-refractivity contribution is 5.90. The molecule has 27 heavy (non-hydrogen) atoms. The highest BCUT2D eigenvalue weighted by Crippen LogP contribution is 2.44. The number of likely N-dealkylation sites (N-methyl/N-ethyl adjacent to an activating group) is 1. The molecular weight excluding hydrogens is 336 g/mol. The van der Waals surface area contributed by atoms with Gasteiger partial charge in [-0.25, -0.2) is 4.79 Å². The summed E-state index contributed by atoms with van der Waals surface area (Å²) >= 11 is 0. The normalized spacial score (nSPS) is 24.7. The van der Waals surface area contributed by atoms with Crippen molar-refractivity contribution in [1.29, 1.82) is 0 Å². The van der Waals surface area contributed by atoms with Gasteiger partial charge in [-0.1, -0.05) is 12.1 Å². The van der Waals surface area contributed by atoms with Gasteiger partial charge in [0.15, 0.2) is 0 Å². The van der Waals surface area contributed by atoms with E-state index in [9.17, 15) is 4.79 Å². The van der Waals surface area contributed by atoms with Crippen LogP contribution in [-0.4, -0.2) is 59.2 Å². The van der Waals surface area contributed by atoms with Crippen molar-refractivity contribution < 1.29 is 4.79 Å². The molecule has 4 rings (SSSR count). The molecule has 0 spiro atoms. The van der Waals surface area contributed by atoms with Crippen molar-refractivity contribution in [3.63, 3.8) is 0 Å². The second-order valence-electron chi connectivity index (χ2n) is 8.24. The summed E-state index contributed by atoms with van der Waals surface area (Å²) in [5.41, 5.74) is 5.72. The summed E-state index contributed by atoms with van der Waals surface area (Å²) in [6, 6.07) is 7.53. The number of fused-ring (bicyclic) bond motifs is 2. The van der Waals surface area contributed by atoms with Crippen LogP contribution in [0.4, 0.5) is 4.79 Å². The van der Waals surface area contributed by atoms with Crippen molar-refractivity contribution in [2.75, 3.05) is 26.7 Å². The summed E-state index contributed by atoms with van der Waals surface area (Å²) in [6.07, 6.45) is 2.13. The maximum atomic E-state index is 12.6. The maximum absolute atomic E-state index is 12.6. The topological polar surface area (TPSA) is 40.5 Å². The Bertz CT molecular complexity index is 867. The van der Waals surface area contributed by atoms with Crippen molar-refractivity contribution in [3.05, 3.63) is 35.0 Å². The molecule has 2 aromatic rings. The molecule has 1 aliphatic carbocycles. The third-order valence-electron chi connectivity index (χ3n) is 6.95. The van der Waals surface area contributed by atoms with Gasteiger partial charge in [-0.15, -0.1) is 0 Å². The fraction of sp³-hybridized carbons (Fsp3) is 0.591. The number of urea groups is 1. The number of aryl methyl sites for hydroxylation is 1. The summed E-state index contributed by atoms with van der Waals surface area (Å²) in [4.78, 5) is 16.9. The summed E-state index contributed by atoms with van der Waals surface area (Å²) in [6.45, 7) is 8.74. The molecule has 2 amide bonds. The van der Waals surface area contributed by atoms with Gasteiger partial charge < -0.3 is 19.7 Å². The van der Waals surface area contributed by atoms with E-state index in [1.165, 1.54) is 27.7 Å². The average Bonchev–Trinajstić information content (AvgIpc) is 2.90. The number of aromatic nitrogens is 1. The number of carbonyl (C=O) groups is 1. The van der Waals surface area contributed by atoms with Crippen LogP contribution in [0.15, 0.2) is 18.2 Å². The van der Waals surface area contributed by atoms with E-state index in [2.05, 4.69) is 54.0 Å². The lowest BCUT2D eigenvalue weighted by molar-refractivity contribution is 0.124. The summed E-state index contributed by atoms with van der Waals surface area (Å²) < 4.78 is 2.34. The molecule has 146 valence electrons. The number of benzene rings is 1. The van der Waals surface area contributed by atoms with E-state index in [0.29, 0.717) is 12.0 Å². The number of likely N-dealkylation sites (tertiary alicyclic amines) is 1. The minimum Gasteiger partial charge on any atom is -0.348 e. The number of carbonyl (C=O) groups excluding carboxylic acids is 1. The number of rotatable bonds is 3. The van der Waals surface area contributed by atoms with Crippen molar-refractivity contribution in [1.82, 2.24) is 19.7 Å². The lowest BCUT2D eigenvalue weighted by Crippen LogP contribution is -2.56. The Morgan fingerprint density at radius 3 is 2.70 bits per heavy atom. The lowest BCUT2D eigenvalue weighted by atomic mass is 9.73. The third kappa shape index (κ3) is 2.83. The van der Waals surface area contributed by atoms with Crippen molar-refractivity contribution >= 4 is 16.9 Å². The van der Waals surface area contributed by atoms with E-state index < -0.39 is 0 Å². The van der Waals surface area contributed by atoms with E-state index >= 15 is 0 Å². The lowest BCUT2D eigenvalue weighted by Gasteiger charge is -2.46. The number of nitrogens with one attached hydrogen (secondary N) is 1. The number of piperidine rings is 1. The molecule has 1 unspecified atom stereocenters. The molecular formula is C22H32N4O. The molecule has 0 radical (unpaired) electrons. The fourth-order valence-electron chi connectivity index (χ4n) is 5.34. The van der Waals surface area contributed by atoms with Crippen LogP contribution >= 0.6 is 0 Å². The maximum Gasteiger partial charge on any atom is 0.317 e. The summed E-state index contributed by atoms with van der Waals surface area (Å²) in [5, 5.41) is 4.76. The molecule has 1 aromatic heterocycles. The van der Waals surface area contributed by atoms with Gasteiger partial charge in [0.25, 0.3) is 0 Å². The molecule has 1 N–H and O–H groups in total. The Hall–Kier alpha value is -2.01. The van der Waals surface area contributed by atoms with Crippen LogP contribution in [0.2, 0.25) is 0 Å². The van der Waals surface area contributed by atoms with Gasteiger partial charge >= 0.3 is 6.03 Å². The number of hydrogen-bond acceptors (Lipinski definition) is 2. The van der Waals surface area contributed by atoms with Gasteiger partial charge in [0.2, 0.25) is 0 Å². The molecule has 2 heterocycles. The van der Waals surface area contributed by atoms with Crippen molar-refractivity contribution in [2.45, 2.75) is 51.6 Å². The van der Waals surface area contributed by atoms with E-state index in [-0.39, 0.29) is 12.1 Å². The fourth-order valence-corrected chi connectivity index (χ4v) is 5.34. The molecule has 5 nitrogen and oxygen atoms in total. The van der Waals surface area contributed by atoms with Crippen LogP contribution in [-0.2, 0) is 13.5 Å². The zero-order chi connectivity index (χ0) is 19.3. The van der Waals surface area contributed by atoms with Gasteiger partial charge in [0.1, 0.15) is 0 Å². The standard InChI is InChI=1S/C22H32N4O/c1-6-26(7-2)22(27)23-15-11-18-16-9-8-10-19-21(16)17(14(3)25(19)5)12-20(18)24(4)13-15/h8-10,15,18,20H,6-7,11-13H2,1-5H3,(H,23,27)/t15-,18?,20+/m0/s1. The predicted molar refractivity (Wildman–Crippen MR) is 110 cm³/mol. The van der Waals surface area contributed by atoms with E-state index in [1.54, 1.807) is 0 Å². The van der Waals surface area contributed by atoms with E-state index in [0.717, 1.165) is 32.5 Å². The first-order chi connectivity index (χ1) is 13.0. The quantitative estimate of drug-likeness (QED) is 0.903. The van der Waals surface area contributed by atoms with Crippen LogP contribution in [0.25, 0.3) is 10.9 Å². The minimum atomic E-state index is 0.0714. The predicted octanol–water partition coefficient (Wildman–Crippen LogP) is 3.25. The number of amides is 2. The second-order valence-corrected chi connectivity index (χ2v) is 8.24. The van der Waals surface area contributed by atoms with Gasteiger partial charge in [-0.2, -0.15) is 0 Å². The SMILES string of the molecule is CCN(CC)C(=O)N[C@H]1CC2c3cccc4c3c(c(C)n4C)C[C@H]2N(C)C1. The number of nitrogens with zero attached hydrogens (tertiary/aromatic N) is 3. The van der Waals surface area contributed by atoms with Gasteiger partial charge in [0, 0.05) is 61.3 Å². The molecule has 2 aliphatic rings.